The number of rotatable bonds is 4. The molecule has 0 spiro atoms. The van der Waals surface area contributed by atoms with Crippen LogP contribution in [-0.4, -0.2) is 28.6 Å². The third-order valence-electron chi connectivity index (χ3n) is 4.68. The van der Waals surface area contributed by atoms with E-state index in [1.165, 1.54) is 11.3 Å². The third-order valence-corrected chi connectivity index (χ3v) is 4.68. The average Bonchev–Trinajstić information content (AvgIpc) is 3.21. The van der Waals surface area contributed by atoms with Crippen LogP contribution in [0.5, 0.6) is 0 Å². The van der Waals surface area contributed by atoms with E-state index in [0.717, 1.165) is 48.7 Å². The van der Waals surface area contributed by atoms with Gasteiger partial charge >= 0.3 is 0 Å². The summed E-state index contributed by atoms with van der Waals surface area (Å²) in [4.78, 5) is 4.88. The fourth-order valence-electron chi connectivity index (χ4n) is 3.35. The SMILES string of the molecule is Cc1ccc(-c2nc3cccc(C)n3c2NCC2CCCO2)cc1. The van der Waals surface area contributed by atoms with Gasteiger partial charge in [0.15, 0.2) is 0 Å². The van der Waals surface area contributed by atoms with Crippen molar-refractivity contribution in [1.82, 2.24) is 9.38 Å². The van der Waals surface area contributed by atoms with Crippen LogP contribution in [0.25, 0.3) is 16.9 Å². The molecule has 0 aliphatic carbocycles. The molecule has 4 heteroatoms. The molecule has 1 aliphatic heterocycles. The van der Waals surface area contributed by atoms with Crippen molar-refractivity contribution in [2.45, 2.75) is 32.8 Å². The Bertz CT molecular complexity index is 845. The van der Waals surface area contributed by atoms with Crippen molar-refractivity contribution in [2.75, 3.05) is 18.5 Å². The molecule has 2 aromatic heterocycles. The standard InChI is InChI=1S/C20H23N3O/c1-14-8-10-16(11-9-14)19-20(21-13-17-6-4-12-24-17)23-15(2)5-3-7-18(23)22-19/h3,5,7-11,17,21H,4,6,12-13H2,1-2H3. The van der Waals surface area contributed by atoms with E-state index >= 15 is 0 Å². The predicted molar refractivity (Wildman–Crippen MR) is 97.6 cm³/mol. The highest BCUT2D eigenvalue weighted by Crippen LogP contribution is 2.30. The minimum absolute atomic E-state index is 0.297. The van der Waals surface area contributed by atoms with Crippen molar-refractivity contribution in [3.8, 4) is 11.3 Å². The number of fused-ring (bicyclic) bond motifs is 1. The van der Waals surface area contributed by atoms with Gasteiger partial charge in [-0.25, -0.2) is 4.98 Å². The van der Waals surface area contributed by atoms with Gasteiger partial charge in [0.2, 0.25) is 0 Å². The summed E-state index contributed by atoms with van der Waals surface area (Å²) in [5.41, 5.74) is 5.54. The molecule has 4 nitrogen and oxygen atoms in total. The predicted octanol–water partition coefficient (Wildman–Crippen LogP) is 4.21. The summed E-state index contributed by atoms with van der Waals surface area (Å²) in [6, 6.07) is 14.8. The summed E-state index contributed by atoms with van der Waals surface area (Å²) in [5.74, 6) is 1.06. The van der Waals surface area contributed by atoms with Gasteiger partial charge in [0.1, 0.15) is 17.2 Å². The molecular formula is C20H23N3O. The second kappa shape index (κ2) is 6.29. The van der Waals surface area contributed by atoms with E-state index in [0.29, 0.717) is 6.10 Å². The first-order valence-corrected chi connectivity index (χ1v) is 8.63. The second-order valence-corrected chi connectivity index (χ2v) is 6.55. The largest absolute Gasteiger partial charge is 0.376 e. The summed E-state index contributed by atoms with van der Waals surface area (Å²) in [5, 5.41) is 3.61. The first-order valence-electron chi connectivity index (χ1n) is 8.63. The van der Waals surface area contributed by atoms with Gasteiger partial charge in [0.05, 0.1) is 6.10 Å². The Labute approximate surface area is 142 Å². The number of imidazole rings is 1. The molecule has 4 rings (SSSR count). The summed E-state index contributed by atoms with van der Waals surface area (Å²) in [6.07, 6.45) is 2.58. The van der Waals surface area contributed by atoms with Crippen LogP contribution in [0.1, 0.15) is 24.1 Å². The lowest BCUT2D eigenvalue weighted by Crippen LogP contribution is -2.19. The molecule has 1 aliphatic rings. The van der Waals surface area contributed by atoms with Gasteiger partial charge in [-0.3, -0.25) is 4.40 Å². The quantitative estimate of drug-likeness (QED) is 0.782. The molecule has 0 radical (unpaired) electrons. The molecule has 1 fully saturated rings. The zero-order valence-electron chi connectivity index (χ0n) is 14.2. The van der Waals surface area contributed by atoms with Crippen LogP contribution in [0.2, 0.25) is 0 Å². The maximum absolute atomic E-state index is 5.76. The Hall–Kier alpha value is -2.33. The fraction of sp³-hybridized carbons (Fsp3) is 0.350. The number of nitrogens with zero attached hydrogens (tertiary/aromatic N) is 2. The minimum atomic E-state index is 0.297. The summed E-state index contributed by atoms with van der Waals surface area (Å²) < 4.78 is 7.96. The normalized spacial score (nSPS) is 17.5. The zero-order chi connectivity index (χ0) is 16.5. The van der Waals surface area contributed by atoms with E-state index in [2.05, 4.69) is 66.0 Å². The number of benzene rings is 1. The molecule has 124 valence electrons. The molecule has 24 heavy (non-hydrogen) atoms. The van der Waals surface area contributed by atoms with Crippen molar-refractivity contribution in [3.05, 3.63) is 53.7 Å². The lowest BCUT2D eigenvalue weighted by atomic mass is 10.1. The van der Waals surface area contributed by atoms with Crippen LogP contribution in [0.4, 0.5) is 5.82 Å². The van der Waals surface area contributed by atoms with Crippen LogP contribution < -0.4 is 5.32 Å². The molecule has 1 atom stereocenters. The van der Waals surface area contributed by atoms with Crippen molar-refractivity contribution < 1.29 is 4.74 Å². The number of aromatic nitrogens is 2. The number of aryl methyl sites for hydroxylation is 2. The van der Waals surface area contributed by atoms with Gasteiger partial charge in [-0.05, 0) is 38.8 Å². The van der Waals surface area contributed by atoms with Crippen molar-refractivity contribution in [3.63, 3.8) is 0 Å². The zero-order valence-corrected chi connectivity index (χ0v) is 14.2. The molecule has 1 saturated heterocycles. The van der Waals surface area contributed by atoms with Gasteiger partial charge < -0.3 is 10.1 Å². The molecule has 3 aromatic rings. The number of ether oxygens (including phenoxy) is 1. The van der Waals surface area contributed by atoms with Crippen LogP contribution in [0.3, 0.4) is 0 Å². The summed E-state index contributed by atoms with van der Waals surface area (Å²) in [7, 11) is 0. The van der Waals surface area contributed by atoms with Gasteiger partial charge in [0, 0.05) is 24.4 Å². The number of anilines is 1. The van der Waals surface area contributed by atoms with Crippen LogP contribution in [-0.2, 0) is 4.74 Å². The smallest absolute Gasteiger partial charge is 0.139 e. The number of pyridine rings is 1. The van der Waals surface area contributed by atoms with E-state index in [1.807, 2.05) is 0 Å². The van der Waals surface area contributed by atoms with Crippen molar-refractivity contribution >= 4 is 11.5 Å². The van der Waals surface area contributed by atoms with Crippen LogP contribution in [0, 0.1) is 13.8 Å². The minimum Gasteiger partial charge on any atom is -0.376 e. The maximum atomic E-state index is 5.76. The Morgan fingerprint density at radius 3 is 2.75 bits per heavy atom. The lowest BCUT2D eigenvalue weighted by Gasteiger charge is -2.14. The van der Waals surface area contributed by atoms with Crippen LogP contribution >= 0.6 is 0 Å². The molecule has 3 heterocycles. The Morgan fingerprint density at radius 1 is 1.17 bits per heavy atom. The second-order valence-electron chi connectivity index (χ2n) is 6.55. The Morgan fingerprint density at radius 2 is 2.00 bits per heavy atom. The first-order chi connectivity index (χ1) is 11.7. The van der Waals surface area contributed by atoms with E-state index in [1.54, 1.807) is 0 Å². The van der Waals surface area contributed by atoms with E-state index in [4.69, 9.17) is 9.72 Å². The highest BCUT2D eigenvalue weighted by Gasteiger charge is 2.19. The van der Waals surface area contributed by atoms with Crippen molar-refractivity contribution in [2.24, 2.45) is 0 Å². The van der Waals surface area contributed by atoms with Crippen LogP contribution in [0.15, 0.2) is 42.5 Å². The van der Waals surface area contributed by atoms with Crippen molar-refractivity contribution in [1.29, 1.82) is 0 Å². The Kier molecular flexibility index (Phi) is 3.98. The number of nitrogens with one attached hydrogen (secondary N) is 1. The average molecular weight is 321 g/mol. The first kappa shape index (κ1) is 15.2. The molecule has 1 unspecified atom stereocenters. The topological polar surface area (TPSA) is 38.6 Å². The summed E-state index contributed by atoms with van der Waals surface area (Å²) in [6.45, 7) is 5.92. The lowest BCUT2D eigenvalue weighted by molar-refractivity contribution is 0.120. The number of hydrogen-bond donors (Lipinski definition) is 1. The monoisotopic (exact) mass is 321 g/mol. The van der Waals surface area contributed by atoms with E-state index < -0.39 is 0 Å². The molecule has 0 amide bonds. The highest BCUT2D eigenvalue weighted by molar-refractivity contribution is 5.77. The summed E-state index contributed by atoms with van der Waals surface area (Å²) >= 11 is 0. The highest BCUT2D eigenvalue weighted by atomic mass is 16.5. The third kappa shape index (κ3) is 2.78. The van der Waals surface area contributed by atoms with Gasteiger partial charge in [0.25, 0.3) is 0 Å². The fourth-order valence-corrected chi connectivity index (χ4v) is 3.35. The maximum Gasteiger partial charge on any atom is 0.139 e. The van der Waals surface area contributed by atoms with Gasteiger partial charge in [-0.2, -0.15) is 0 Å². The molecule has 0 bridgehead atoms. The molecular weight excluding hydrogens is 298 g/mol. The van der Waals surface area contributed by atoms with Gasteiger partial charge in [-0.1, -0.05) is 35.9 Å². The molecule has 1 aromatic carbocycles. The van der Waals surface area contributed by atoms with E-state index in [-0.39, 0.29) is 0 Å². The molecule has 0 saturated carbocycles. The molecule has 1 N–H and O–H groups in total. The van der Waals surface area contributed by atoms with E-state index in [9.17, 15) is 0 Å². The van der Waals surface area contributed by atoms with Gasteiger partial charge in [-0.15, -0.1) is 0 Å². The number of hydrogen-bond acceptors (Lipinski definition) is 3. The Balaban J connectivity index is 1.77.